The van der Waals surface area contributed by atoms with E-state index in [1.165, 1.54) is 25.3 Å². The first kappa shape index (κ1) is 12.6. The first-order valence-electron chi connectivity index (χ1n) is 4.94. The summed E-state index contributed by atoms with van der Waals surface area (Å²) in [4.78, 5) is 11.5. The van der Waals surface area contributed by atoms with Crippen LogP contribution in [0.3, 0.4) is 0 Å². The Labute approximate surface area is 93.6 Å². The Balaban J connectivity index is 2.51. The fourth-order valence-electron chi connectivity index (χ4n) is 1.25. The van der Waals surface area contributed by atoms with Gasteiger partial charge in [0.25, 0.3) is 0 Å². The predicted octanol–water partition coefficient (Wildman–Crippen LogP) is 1.13. The Morgan fingerprint density at radius 3 is 2.94 bits per heavy atom. The second-order valence-corrected chi connectivity index (χ2v) is 3.36. The molecule has 3 N–H and O–H groups in total. The summed E-state index contributed by atoms with van der Waals surface area (Å²) in [6.07, 6.45) is -0.155. The summed E-state index contributed by atoms with van der Waals surface area (Å²) in [5.74, 6) is -0.636. The Bertz CT molecular complexity index is 354. The number of nitrogens with one attached hydrogen (secondary N) is 1. The van der Waals surface area contributed by atoms with Crippen LogP contribution < -0.4 is 11.1 Å². The number of ether oxygens (including phenoxy) is 1. The first-order valence-corrected chi connectivity index (χ1v) is 4.94. The number of carbonyl (C=O) groups excluding carboxylic acids is 1. The number of amides is 1. The molecule has 88 valence electrons. The summed E-state index contributed by atoms with van der Waals surface area (Å²) in [6, 6.07) is 5.71. The molecule has 16 heavy (non-hydrogen) atoms. The number of hydrogen-bond acceptors (Lipinski definition) is 3. The number of carbonyl (C=O) groups is 1. The molecule has 1 amide bonds. The number of halogens is 1. The van der Waals surface area contributed by atoms with Gasteiger partial charge in [0.2, 0.25) is 5.91 Å². The van der Waals surface area contributed by atoms with E-state index < -0.39 is 0 Å². The molecule has 0 aliphatic heterocycles. The zero-order chi connectivity index (χ0) is 12.0. The Morgan fingerprint density at radius 1 is 1.62 bits per heavy atom. The van der Waals surface area contributed by atoms with Crippen LogP contribution in [0.15, 0.2) is 24.3 Å². The summed E-state index contributed by atoms with van der Waals surface area (Å²) < 4.78 is 17.8. The molecular weight excluding hydrogens is 211 g/mol. The second-order valence-electron chi connectivity index (χ2n) is 3.36. The topological polar surface area (TPSA) is 64.3 Å². The van der Waals surface area contributed by atoms with E-state index in [-0.39, 0.29) is 30.8 Å². The average Bonchev–Trinajstić information content (AvgIpc) is 2.26. The van der Waals surface area contributed by atoms with Crippen LogP contribution in [0.5, 0.6) is 0 Å². The minimum Gasteiger partial charge on any atom is -0.380 e. The summed E-state index contributed by atoms with van der Waals surface area (Å²) in [5.41, 5.74) is 5.81. The van der Waals surface area contributed by atoms with Crippen molar-refractivity contribution in [3.8, 4) is 0 Å². The lowest BCUT2D eigenvalue weighted by atomic mass is 10.2. The summed E-state index contributed by atoms with van der Waals surface area (Å²) in [6.45, 7) is 0.271. The molecule has 0 fully saturated rings. The molecule has 1 rings (SSSR count). The molecule has 0 bridgehead atoms. The van der Waals surface area contributed by atoms with Crippen molar-refractivity contribution >= 4 is 11.6 Å². The van der Waals surface area contributed by atoms with Crippen LogP contribution in [0, 0.1) is 5.82 Å². The number of methoxy groups -OCH3 is 1. The number of hydrogen-bond donors (Lipinski definition) is 2. The van der Waals surface area contributed by atoms with Crippen LogP contribution in [0.25, 0.3) is 0 Å². The van der Waals surface area contributed by atoms with E-state index in [0.717, 1.165) is 0 Å². The van der Waals surface area contributed by atoms with Gasteiger partial charge in [-0.25, -0.2) is 4.39 Å². The van der Waals surface area contributed by atoms with E-state index in [0.29, 0.717) is 5.69 Å². The van der Waals surface area contributed by atoms with Crippen molar-refractivity contribution in [2.24, 2.45) is 5.73 Å². The van der Waals surface area contributed by atoms with Gasteiger partial charge < -0.3 is 15.8 Å². The molecular formula is C11H15FN2O2. The van der Waals surface area contributed by atoms with E-state index in [2.05, 4.69) is 5.32 Å². The lowest BCUT2D eigenvalue weighted by Crippen LogP contribution is -2.28. The number of benzene rings is 1. The quantitative estimate of drug-likeness (QED) is 0.791. The molecule has 0 radical (unpaired) electrons. The fraction of sp³-hybridized carbons (Fsp3) is 0.364. The van der Waals surface area contributed by atoms with E-state index in [9.17, 15) is 9.18 Å². The van der Waals surface area contributed by atoms with Crippen molar-refractivity contribution in [3.63, 3.8) is 0 Å². The van der Waals surface area contributed by atoms with Crippen molar-refractivity contribution in [2.75, 3.05) is 19.0 Å². The van der Waals surface area contributed by atoms with Crippen molar-refractivity contribution < 1.29 is 13.9 Å². The predicted molar refractivity (Wildman–Crippen MR) is 59.5 cm³/mol. The highest BCUT2D eigenvalue weighted by Crippen LogP contribution is 2.10. The SMILES string of the molecule is COC(CN)CC(=O)Nc1cccc(F)c1. The Hall–Kier alpha value is -1.46. The highest BCUT2D eigenvalue weighted by Gasteiger charge is 2.11. The normalized spacial score (nSPS) is 12.2. The largest absolute Gasteiger partial charge is 0.380 e. The van der Waals surface area contributed by atoms with Gasteiger partial charge in [0.05, 0.1) is 12.5 Å². The molecule has 1 atom stereocenters. The minimum atomic E-state index is -0.389. The maximum absolute atomic E-state index is 12.8. The zero-order valence-corrected chi connectivity index (χ0v) is 9.07. The average molecular weight is 226 g/mol. The fourth-order valence-corrected chi connectivity index (χ4v) is 1.25. The van der Waals surface area contributed by atoms with Gasteiger partial charge in [-0.15, -0.1) is 0 Å². The third-order valence-corrected chi connectivity index (χ3v) is 2.12. The smallest absolute Gasteiger partial charge is 0.227 e. The molecule has 0 heterocycles. The number of rotatable bonds is 5. The third-order valence-electron chi connectivity index (χ3n) is 2.12. The van der Waals surface area contributed by atoms with Crippen LogP contribution in [0.4, 0.5) is 10.1 Å². The van der Waals surface area contributed by atoms with E-state index in [1.54, 1.807) is 6.07 Å². The van der Waals surface area contributed by atoms with Gasteiger partial charge in [0, 0.05) is 19.3 Å². The van der Waals surface area contributed by atoms with E-state index in [4.69, 9.17) is 10.5 Å². The highest BCUT2D eigenvalue weighted by atomic mass is 19.1. The molecule has 0 saturated heterocycles. The van der Waals surface area contributed by atoms with Gasteiger partial charge in [0.15, 0.2) is 0 Å². The second kappa shape index (κ2) is 6.19. The Kier molecular flexibility index (Phi) is 4.88. The molecule has 0 saturated carbocycles. The van der Waals surface area contributed by atoms with Gasteiger partial charge in [-0.2, -0.15) is 0 Å². The zero-order valence-electron chi connectivity index (χ0n) is 9.07. The minimum absolute atomic E-state index is 0.156. The first-order chi connectivity index (χ1) is 7.65. The van der Waals surface area contributed by atoms with Gasteiger partial charge in [-0.1, -0.05) is 6.07 Å². The number of anilines is 1. The maximum atomic E-state index is 12.8. The van der Waals surface area contributed by atoms with E-state index in [1.807, 2.05) is 0 Å². The van der Waals surface area contributed by atoms with Crippen molar-refractivity contribution in [3.05, 3.63) is 30.1 Å². The molecule has 0 spiro atoms. The van der Waals surface area contributed by atoms with Crippen LogP contribution in [-0.2, 0) is 9.53 Å². The molecule has 0 aliphatic rings. The van der Waals surface area contributed by atoms with Crippen molar-refractivity contribution in [1.82, 2.24) is 0 Å². The monoisotopic (exact) mass is 226 g/mol. The van der Waals surface area contributed by atoms with Crippen LogP contribution >= 0.6 is 0 Å². The van der Waals surface area contributed by atoms with Gasteiger partial charge in [-0.05, 0) is 18.2 Å². The highest BCUT2D eigenvalue weighted by molar-refractivity contribution is 5.90. The number of nitrogens with two attached hydrogens (primary N) is 1. The molecule has 0 aromatic heterocycles. The standard InChI is InChI=1S/C11H15FN2O2/c1-16-10(7-13)6-11(15)14-9-4-2-3-8(12)5-9/h2-5,10H,6-7,13H2,1H3,(H,14,15). The van der Waals surface area contributed by atoms with Crippen LogP contribution in [0.2, 0.25) is 0 Å². The van der Waals surface area contributed by atoms with Gasteiger partial charge in [-0.3, -0.25) is 4.79 Å². The van der Waals surface area contributed by atoms with Crippen LogP contribution in [0.1, 0.15) is 6.42 Å². The van der Waals surface area contributed by atoms with E-state index >= 15 is 0 Å². The third kappa shape index (κ3) is 3.96. The lowest BCUT2D eigenvalue weighted by molar-refractivity contribution is -0.118. The molecule has 4 nitrogen and oxygen atoms in total. The summed E-state index contributed by atoms with van der Waals surface area (Å²) in [5, 5.41) is 2.57. The van der Waals surface area contributed by atoms with Gasteiger partial charge in [0.1, 0.15) is 5.82 Å². The summed E-state index contributed by atoms with van der Waals surface area (Å²) in [7, 11) is 1.49. The molecule has 1 aromatic rings. The van der Waals surface area contributed by atoms with Crippen LogP contribution in [-0.4, -0.2) is 25.7 Å². The molecule has 5 heteroatoms. The summed E-state index contributed by atoms with van der Waals surface area (Å²) >= 11 is 0. The lowest BCUT2D eigenvalue weighted by Gasteiger charge is -2.12. The Morgan fingerprint density at radius 2 is 2.38 bits per heavy atom. The van der Waals surface area contributed by atoms with Crippen molar-refractivity contribution in [2.45, 2.75) is 12.5 Å². The maximum Gasteiger partial charge on any atom is 0.227 e. The molecule has 0 aliphatic carbocycles. The molecule has 1 aromatic carbocycles. The van der Waals surface area contributed by atoms with Gasteiger partial charge >= 0.3 is 0 Å². The van der Waals surface area contributed by atoms with Crippen molar-refractivity contribution in [1.29, 1.82) is 0 Å². The molecule has 1 unspecified atom stereocenters.